The van der Waals surface area contributed by atoms with Gasteiger partial charge in [0.1, 0.15) is 5.76 Å². The summed E-state index contributed by atoms with van der Waals surface area (Å²) in [6.45, 7) is 3.49. The summed E-state index contributed by atoms with van der Waals surface area (Å²) in [6.07, 6.45) is 6.71. The van der Waals surface area contributed by atoms with Gasteiger partial charge in [0, 0.05) is 43.1 Å². The highest BCUT2D eigenvalue weighted by Gasteiger charge is 2.35. The third-order valence-electron chi connectivity index (χ3n) is 6.40. The molecule has 1 saturated heterocycles. The van der Waals surface area contributed by atoms with E-state index in [2.05, 4.69) is 17.4 Å². The molecule has 1 aromatic rings. The molecule has 2 amide bonds. The number of aromatic nitrogens is 1. The smallest absolute Gasteiger partial charge is 0.273 e. The Balaban J connectivity index is 1.29. The van der Waals surface area contributed by atoms with Crippen LogP contribution >= 0.6 is 0 Å². The molecule has 2 atom stereocenters. The van der Waals surface area contributed by atoms with Crippen LogP contribution in [0.4, 0.5) is 0 Å². The van der Waals surface area contributed by atoms with Crippen LogP contribution in [0.15, 0.2) is 10.6 Å². The number of amides is 2. The average molecular weight is 374 g/mol. The van der Waals surface area contributed by atoms with Crippen LogP contribution < -0.4 is 11.1 Å². The number of nitrogens with zero attached hydrogens (tertiary/aromatic N) is 2. The van der Waals surface area contributed by atoms with Crippen molar-refractivity contribution in [3.05, 3.63) is 17.5 Å². The Morgan fingerprint density at radius 1 is 1.19 bits per heavy atom. The average Bonchev–Trinajstić information content (AvgIpc) is 3.40. The van der Waals surface area contributed by atoms with E-state index in [1.165, 1.54) is 0 Å². The van der Waals surface area contributed by atoms with Crippen LogP contribution in [-0.2, 0) is 4.79 Å². The van der Waals surface area contributed by atoms with E-state index in [9.17, 15) is 9.59 Å². The lowest BCUT2D eigenvalue weighted by atomic mass is 9.84. The van der Waals surface area contributed by atoms with E-state index in [-0.39, 0.29) is 35.7 Å². The molecular weight excluding hydrogens is 344 g/mol. The maximum absolute atomic E-state index is 12.8. The van der Waals surface area contributed by atoms with E-state index in [0.717, 1.165) is 50.7 Å². The maximum atomic E-state index is 12.8. The first kappa shape index (κ1) is 18.5. The molecule has 4 rings (SSSR count). The molecule has 0 unspecified atom stereocenters. The Bertz CT molecular complexity index is 691. The summed E-state index contributed by atoms with van der Waals surface area (Å²) in [5, 5.41) is 7.00. The minimum absolute atomic E-state index is 0.0578. The number of rotatable bonds is 4. The topological polar surface area (TPSA) is 101 Å². The van der Waals surface area contributed by atoms with Gasteiger partial charge in [0.05, 0.1) is 0 Å². The molecule has 1 aliphatic heterocycles. The van der Waals surface area contributed by atoms with Gasteiger partial charge in [-0.05, 0) is 50.9 Å². The summed E-state index contributed by atoms with van der Waals surface area (Å²) < 4.78 is 5.28. The van der Waals surface area contributed by atoms with Crippen LogP contribution in [0.5, 0.6) is 0 Å². The van der Waals surface area contributed by atoms with Crippen LogP contribution in [0.25, 0.3) is 0 Å². The van der Waals surface area contributed by atoms with Gasteiger partial charge >= 0.3 is 0 Å². The predicted molar refractivity (Wildman–Crippen MR) is 100 cm³/mol. The summed E-state index contributed by atoms with van der Waals surface area (Å²) in [6, 6.07) is 2.08. The second-order valence-electron chi connectivity index (χ2n) is 8.63. The fraction of sp³-hybridized carbons (Fsp3) is 0.750. The normalized spacial score (nSPS) is 31.6. The number of hydrogen-bond donors (Lipinski definition) is 2. The Labute approximate surface area is 160 Å². The molecule has 0 aromatic carbocycles. The molecule has 7 nitrogen and oxygen atoms in total. The van der Waals surface area contributed by atoms with Crippen molar-refractivity contribution in [2.45, 2.75) is 69.9 Å². The molecule has 148 valence electrons. The van der Waals surface area contributed by atoms with E-state index in [1.807, 2.05) is 4.90 Å². The molecule has 7 heteroatoms. The molecule has 0 radical (unpaired) electrons. The van der Waals surface area contributed by atoms with Crippen LogP contribution in [0.1, 0.15) is 74.0 Å². The van der Waals surface area contributed by atoms with Crippen LogP contribution in [-0.4, -0.2) is 47.0 Å². The van der Waals surface area contributed by atoms with Crippen molar-refractivity contribution in [1.29, 1.82) is 0 Å². The van der Waals surface area contributed by atoms with Gasteiger partial charge in [0.15, 0.2) is 5.69 Å². The van der Waals surface area contributed by atoms with Crippen LogP contribution in [0.2, 0.25) is 0 Å². The van der Waals surface area contributed by atoms with Crippen molar-refractivity contribution in [3.8, 4) is 0 Å². The van der Waals surface area contributed by atoms with Crippen LogP contribution in [0, 0.1) is 11.8 Å². The Morgan fingerprint density at radius 3 is 2.59 bits per heavy atom. The highest BCUT2D eigenvalue weighted by atomic mass is 16.5. The minimum Gasteiger partial charge on any atom is -0.360 e. The number of carbonyl (C=O) groups is 2. The van der Waals surface area contributed by atoms with Gasteiger partial charge in [-0.25, -0.2) is 0 Å². The second-order valence-corrected chi connectivity index (χ2v) is 8.63. The molecule has 0 spiro atoms. The quantitative estimate of drug-likeness (QED) is 0.840. The summed E-state index contributed by atoms with van der Waals surface area (Å²) in [5.41, 5.74) is 6.32. The largest absolute Gasteiger partial charge is 0.360 e. The highest BCUT2D eigenvalue weighted by Crippen LogP contribution is 2.40. The third-order valence-corrected chi connectivity index (χ3v) is 6.40. The molecule has 1 aromatic heterocycles. The first-order chi connectivity index (χ1) is 13.0. The van der Waals surface area contributed by atoms with Gasteiger partial charge in [0.25, 0.3) is 5.91 Å². The van der Waals surface area contributed by atoms with Gasteiger partial charge in [-0.1, -0.05) is 12.1 Å². The van der Waals surface area contributed by atoms with Gasteiger partial charge in [-0.3, -0.25) is 9.59 Å². The predicted octanol–water partition coefficient (Wildman–Crippen LogP) is 2.04. The van der Waals surface area contributed by atoms with Gasteiger partial charge in [-0.15, -0.1) is 0 Å². The van der Waals surface area contributed by atoms with E-state index < -0.39 is 0 Å². The van der Waals surface area contributed by atoms with E-state index in [0.29, 0.717) is 24.7 Å². The van der Waals surface area contributed by atoms with Gasteiger partial charge in [-0.2, -0.15) is 0 Å². The molecule has 2 heterocycles. The highest BCUT2D eigenvalue weighted by molar-refractivity contribution is 5.92. The molecule has 2 aliphatic carbocycles. The standard InChI is InChI=1S/C20H30N4O3/c1-12-11-24(20(26)14-4-6-15(21)7-5-14)9-8-16(12)22-19(25)17-10-18(27-23-17)13-2-3-13/h10,12-16H,2-9,11,21H2,1H3,(H,22,25)/t12-,14-,15-,16-/m1/s1. The Morgan fingerprint density at radius 2 is 1.93 bits per heavy atom. The summed E-state index contributed by atoms with van der Waals surface area (Å²) in [7, 11) is 0. The van der Waals surface area contributed by atoms with Crippen molar-refractivity contribution >= 4 is 11.8 Å². The zero-order chi connectivity index (χ0) is 19.0. The van der Waals surface area contributed by atoms with Crippen molar-refractivity contribution in [1.82, 2.24) is 15.4 Å². The Kier molecular flexibility index (Phi) is 5.21. The zero-order valence-corrected chi connectivity index (χ0v) is 16.0. The summed E-state index contributed by atoms with van der Waals surface area (Å²) in [4.78, 5) is 27.3. The van der Waals surface area contributed by atoms with Crippen molar-refractivity contribution in [3.63, 3.8) is 0 Å². The molecule has 0 bridgehead atoms. The maximum Gasteiger partial charge on any atom is 0.273 e. The molecule has 3 N–H and O–H groups in total. The number of piperidine rings is 1. The Hall–Kier alpha value is -1.89. The monoisotopic (exact) mass is 374 g/mol. The summed E-state index contributed by atoms with van der Waals surface area (Å²) in [5.74, 6) is 1.70. The second kappa shape index (κ2) is 7.62. The summed E-state index contributed by atoms with van der Waals surface area (Å²) >= 11 is 0. The van der Waals surface area contributed by atoms with Gasteiger partial charge < -0.3 is 20.5 Å². The first-order valence-electron chi connectivity index (χ1n) is 10.3. The van der Waals surface area contributed by atoms with E-state index in [4.69, 9.17) is 10.3 Å². The van der Waals surface area contributed by atoms with Gasteiger partial charge in [0.2, 0.25) is 5.91 Å². The van der Waals surface area contributed by atoms with Crippen molar-refractivity contribution in [2.24, 2.45) is 17.6 Å². The molecule has 2 saturated carbocycles. The number of carbonyl (C=O) groups excluding carboxylic acids is 2. The molecule has 3 fully saturated rings. The lowest BCUT2D eigenvalue weighted by molar-refractivity contribution is -0.138. The SMILES string of the molecule is C[C@@H]1CN(C(=O)[C@H]2CC[C@H](N)CC2)CC[C@H]1NC(=O)c1cc(C2CC2)on1. The fourth-order valence-electron chi connectivity index (χ4n) is 4.38. The zero-order valence-electron chi connectivity index (χ0n) is 16.0. The molecule has 27 heavy (non-hydrogen) atoms. The lowest BCUT2D eigenvalue weighted by Gasteiger charge is -2.39. The van der Waals surface area contributed by atoms with E-state index in [1.54, 1.807) is 6.07 Å². The number of nitrogens with one attached hydrogen (secondary N) is 1. The number of nitrogens with two attached hydrogens (primary N) is 1. The molecular formula is C20H30N4O3. The van der Waals surface area contributed by atoms with Crippen LogP contribution in [0.3, 0.4) is 0 Å². The number of likely N-dealkylation sites (tertiary alicyclic amines) is 1. The third kappa shape index (κ3) is 4.18. The number of hydrogen-bond acceptors (Lipinski definition) is 5. The lowest BCUT2D eigenvalue weighted by Crippen LogP contribution is -2.53. The van der Waals surface area contributed by atoms with Crippen molar-refractivity contribution in [2.75, 3.05) is 13.1 Å². The molecule has 3 aliphatic rings. The first-order valence-corrected chi connectivity index (χ1v) is 10.3. The van der Waals surface area contributed by atoms with E-state index >= 15 is 0 Å². The minimum atomic E-state index is -0.177. The van der Waals surface area contributed by atoms with Crippen molar-refractivity contribution < 1.29 is 14.1 Å². The fourth-order valence-corrected chi connectivity index (χ4v) is 4.38.